The van der Waals surface area contributed by atoms with Crippen LogP contribution < -0.4 is 4.74 Å². The van der Waals surface area contributed by atoms with Crippen molar-refractivity contribution in [2.75, 3.05) is 20.6 Å². The summed E-state index contributed by atoms with van der Waals surface area (Å²) in [6.07, 6.45) is 24.6. The Morgan fingerprint density at radius 1 is 1.00 bits per heavy atom. The van der Waals surface area contributed by atoms with Crippen LogP contribution in [-0.2, 0) is 11.2 Å². The van der Waals surface area contributed by atoms with Crippen LogP contribution in [-0.4, -0.2) is 52.2 Å². The first-order valence-electron chi connectivity index (χ1n) is 14.1. The third-order valence-corrected chi connectivity index (χ3v) is 6.62. The maximum atomic E-state index is 12.5. The number of hydrogen-bond acceptors (Lipinski definition) is 3. The zero-order chi connectivity index (χ0) is 26.2. The summed E-state index contributed by atoms with van der Waals surface area (Å²) in [6, 6.07) is 5.88. The van der Waals surface area contributed by atoms with Gasteiger partial charge in [0, 0.05) is 30.1 Å². The molecule has 1 N–H and O–H groups in total. The molecule has 0 radical (unpaired) electrons. The van der Waals surface area contributed by atoms with Gasteiger partial charge in [0.25, 0.3) is 0 Å². The van der Waals surface area contributed by atoms with Crippen LogP contribution in [0.25, 0.3) is 10.9 Å². The molecule has 36 heavy (non-hydrogen) atoms. The van der Waals surface area contributed by atoms with E-state index in [2.05, 4.69) is 70.9 Å². The van der Waals surface area contributed by atoms with Gasteiger partial charge in [0.1, 0.15) is 21.4 Å². The number of likely N-dealkylation sites (N-methyl/N-ethyl adjacent to an activating group) is 1. The number of rotatable bonds is 18. The van der Waals surface area contributed by atoms with Gasteiger partial charge in [-0.3, -0.25) is 4.79 Å². The highest BCUT2D eigenvalue weighted by Crippen LogP contribution is 2.29. The molecule has 0 saturated carbocycles. The van der Waals surface area contributed by atoms with Crippen molar-refractivity contribution in [1.82, 2.24) is 9.88 Å². The number of unbranched alkanes of at least 4 members (excludes halogenated alkanes) is 8. The zero-order valence-electron chi connectivity index (χ0n) is 23.6. The first kappa shape index (κ1) is 30.0. The van der Waals surface area contributed by atoms with Crippen LogP contribution in [0.15, 0.2) is 48.7 Å². The molecule has 1 heterocycles. The summed E-state index contributed by atoms with van der Waals surface area (Å²) in [7, 11) is 8.70. The molecule has 0 unspecified atom stereocenters. The van der Waals surface area contributed by atoms with Gasteiger partial charge >= 0.3 is 5.97 Å². The molecule has 0 aliphatic rings. The number of benzene rings is 1. The standard InChI is InChI=1S/C30H48B2N2O2/c1-4-5-6-11-14-21-30(31,32)22-15-12-9-7-8-10-13-19-28(35)36-27-18-16-17-26-29(27)25(24-33-26)20-23-34(2)3/h14-18,21-22,24,33H,4-13,19-20,23,31-32H2,1-3H3/b21-14-,22-15-. The largest absolute Gasteiger partial charge is 0.426 e. The second-order valence-electron chi connectivity index (χ2n) is 10.9. The normalized spacial score (nSPS) is 12.4. The van der Waals surface area contributed by atoms with Crippen molar-refractivity contribution in [2.24, 2.45) is 0 Å². The van der Waals surface area contributed by atoms with Crippen LogP contribution in [0.1, 0.15) is 83.1 Å². The van der Waals surface area contributed by atoms with Crippen LogP contribution in [0.4, 0.5) is 0 Å². The minimum atomic E-state index is -0.129. The molecule has 2 rings (SSSR count). The van der Waals surface area contributed by atoms with Gasteiger partial charge in [0.15, 0.2) is 0 Å². The predicted molar refractivity (Wildman–Crippen MR) is 161 cm³/mol. The lowest BCUT2D eigenvalue weighted by molar-refractivity contribution is -0.134. The molecule has 196 valence electrons. The third kappa shape index (κ3) is 11.7. The minimum absolute atomic E-state index is 0.129. The Hall–Kier alpha value is -2.20. The van der Waals surface area contributed by atoms with Crippen molar-refractivity contribution >= 4 is 32.6 Å². The average molecular weight is 490 g/mol. The zero-order valence-corrected chi connectivity index (χ0v) is 23.6. The molecule has 0 spiro atoms. The third-order valence-electron chi connectivity index (χ3n) is 6.62. The number of allylic oxidation sites excluding steroid dienone is 4. The molecule has 0 aliphatic heterocycles. The van der Waals surface area contributed by atoms with Crippen molar-refractivity contribution in [3.63, 3.8) is 0 Å². The van der Waals surface area contributed by atoms with Gasteiger partial charge in [-0.1, -0.05) is 74.6 Å². The SMILES string of the molecule is BC(B)(/C=C\CCCCC)/C=C\CCCCCCCC(=O)Oc1cccc2[nH]cc(CCN(C)C)c12. The first-order chi connectivity index (χ1) is 17.3. The van der Waals surface area contributed by atoms with Crippen LogP contribution in [0.3, 0.4) is 0 Å². The lowest BCUT2D eigenvalue weighted by atomic mass is 9.54. The lowest BCUT2D eigenvalue weighted by Crippen LogP contribution is -2.15. The molecule has 0 saturated heterocycles. The van der Waals surface area contributed by atoms with Crippen molar-refractivity contribution in [3.8, 4) is 5.75 Å². The Kier molecular flexibility index (Phi) is 13.8. The highest BCUT2D eigenvalue weighted by atomic mass is 16.5. The number of aromatic nitrogens is 1. The highest BCUT2D eigenvalue weighted by Gasteiger charge is 2.13. The maximum Gasteiger partial charge on any atom is 0.311 e. The molecule has 0 bridgehead atoms. The number of nitrogens with zero attached hydrogens (tertiary/aromatic N) is 1. The summed E-state index contributed by atoms with van der Waals surface area (Å²) >= 11 is 0. The van der Waals surface area contributed by atoms with Crippen LogP contribution in [0.5, 0.6) is 5.75 Å². The van der Waals surface area contributed by atoms with Gasteiger partial charge in [-0.2, -0.15) is 0 Å². The quantitative estimate of drug-likeness (QED) is 0.0919. The van der Waals surface area contributed by atoms with Gasteiger partial charge in [-0.05, 0) is 70.3 Å². The Labute approximate surface area is 221 Å². The number of carbonyl (C=O) groups excluding carboxylic acids is 1. The topological polar surface area (TPSA) is 45.3 Å². The molecule has 0 fully saturated rings. The molecule has 0 amide bonds. The van der Waals surface area contributed by atoms with Gasteiger partial charge in [-0.15, -0.1) is 0 Å². The van der Waals surface area contributed by atoms with E-state index in [0.29, 0.717) is 12.2 Å². The van der Waals surface area contributed by atoms with Crippen molar-refractivity contribution in [1.29, 1.82) is 0 Å². The number of H-pyrrole nitrogens is 1. The van der Waals surface area contributed by atoms with Crippen LogP contribution in [0.2, 0.25) is 5.21 Å². The summed E-state index contributed by atoms with van der Waals surface area (Å²) < 4.78 is 5.78. The molecule has 1 aromatic heterocycles. The Morgan fingerprint density at radius 3 is 2.36 bits per heavy atom. The monoisotopic (exact) mass is 490 g/mol. The second-order valence-corrected chi connectivity index (χ2v) is 10.9. The Balaban J connectivity index is 1.63. The van der Waals surface area contributed by atoms with E-state index in [1.54, 1.807) is 0 Å². The number of nitrogens with one attached hydrogen (secondary N) is 1. The fourth-order valence-electron chi connectivity index (χ4n) is 4.42. The van der Waals surface area contributed by atoms with E-state index >= 15 is 0 Å². The fourth-order valence-corrected chi connectivity index (χ4v) is 4.42. The molecule has 6 heteroatoms. The molecule has 4 nitrogen and oxygen atoms in total. The lowest BCUT2D eigenvalue weighted by Gasteiger charge is -2.14. The molecular formula is C30H48B2N2O2. The summed E-state index contributed by atoms with van der Waals surface area (Å²) in [5.74, 6) is 0.549. The smallest absolute Gasteiger partial charge is 0.311 e. The van der Waals surface area contributed by atoms with Gasteiger partial charge < -0.3 is 14.6 Å². The molecule has 0 aliphatic carbocycles. The molecule has 0 atom stereocenters. The summed E-state index contributed by atoms with van der Waals surface area (Å²) in [5.41, 5.74) is 2.22. The second kappa shape index (κ2) is 16.5. The number of carbonyl (C=O) groups is 1. The van der Waals surface area contributed by atoms with E-state index in [0.717, 1.165) is 43.1 Å². The van der Waals surface area contributed by atoms with Gasteiger partial charge in [0.05, 0.1) is 0 Å². The van der Waals surface area contributed by atoms with E-state index in [-0.39, 0.29) is 11.2 Å². The number of aromatic amines is 1. The molecule has 1 aromatic carbocycles. The van der Waals surface area contributed by atoms with E-state index < -0.39 is 0 Å². The molecule has 2 aromatic rings. The highest BCUT2D eigenvalue weighted by molar-refractivity contribution is 6.42. The predicted octanol–water partition coefficient (Wildman–Crippen LogP) is 5.98. The number of esters is 1. The summed E-state index contributed by atoms with van der Waals surface area (Å²) in [5, 5.41) is 1.18. The molecular weight excluding hydrogens is 442 g/mol. The number of hydrogen-bond donors (Lipinski definition) is 1. The van der Waals surface area contributed by atoms with Crippen molar-refractivity contribution < 1.29 is 9.53 Å². The van der Waals surface area contributed by atoms with Gasteiger partial charge in [0.2, 0.25) is 0 Å². The first-order valence-corrected chi connectivity index (χ1v) is 14.1. The van der Waals surface area contributed by atoms with Crippen LogP contribution >= 0.6 is 0 Å². The maximum absolute atomic E-state index is 12.5. The number of ether oxygens (including phenoxy) is 1. The Morgan fingerprint density at radius 2 is 1.67 bits per heavy atom. The van der Waals surface area contributed by atoms with E-state index in [4.69, 9.17) is 4.74 Å². The Bertz CT molecular complexity index is 963. The summed E-state index contributed by atoms with van der Waals surface area (Å²) in [4.78, 5) is 18.0. The van der Waals surface area contributed by atoms with E-state index in [1.165, 1.54) is 50.5 Å². The van der Waals surface area contributed by atoms with Crippen molar-refractivity contribution in [3.05, 3.63) is 54.3 Å². The minimum Gasteiger partial charge on any atom is -0.426 e. The average Bonchev–Trinajstić information content (AvgIpc) is 3.25. The van der Waals surface area contributed by atoms with E-state index in [1.807, 2.05) is 24.4 Å². The van der Waals surface area contributed by atoms with Crippen molar-refractivity contribution in [2.45, 2.75) is 89.2 Å². The van der Waals surface area contributed by atoms with Crippen LogP contribution in [0, 0.1) is 0 Å². The fraction of sp³-hybridized carbons (Fsp3) is 0.567. The van der Waals surface area contributed by atoms with E-state index in [9.17, 15) is 4.79 Å². The van der Waals surface area contributed by atoms with Gasteiger partial charge in [-0.25, -0.2) is 0 Å². The summed E-state index contributed by atoms with van der Waals surface area (Å²) in [6.45, 7) is 3.21. The number of fused-ring (bicyclic) bond motifs is 1.